The van der Waals surface area contributed by atoms with Crippen LogP contribution in [0.4, 0.5) is 0 Å². The number of aliphatic hydroxyl groups excluding tert-OH is 2. The van der Waals surface area contributed by atoms with E-state index >= 15 is 0 Å². The number of nitrogens with one attached hydrogen (secondary N) is 1. The predicted octanol–water partition coefficient (Wildman–Crippen LogP) is 12.8. The maximum absolute atomic E-state index is 13.1. The molecule has 0 saturated heterocycles. The van der Waals surface area contributed by atoms with Crippen LogP contribution in [-0.2, 0) is 14.3 Å². The van der Waals surface area contributed by atoms with E-state index in [-0.39, 0.29) is 24.9 Å². The number of amides is 1. The molecule has 0 aromatic carbocycles. The molecule has 3 N–H and O–H groups in total. The Hall–Kier alpha value is -1.66. The number of rotatable bonds is 40. The molecule has 0 rings (SSSR count). The molecular weight excluding hydrogens is 647 g/mol. The Balaban J connectivity index is 4.62. The van der Waals surface area contributed by atoms with Crippen molar-refractivity contribution in [2.45, 2.75) is 251 Å². The molecule has 0 aliphatic rings. The molecule has 6 nitrogen and oxygen atoms in total. The minimum atomic E-state index is -0.804. The highest BCUT2D eigenvalue weighted by molar-refractivity contribution is 5.78. The van der Waals surface area contributed by atoms with Crippen molar-refractivity contribution in [3.05, 3.63) is 24.3 Å². The molecule has 306 valence electrons. The van der Waals surface area contributed by atoms with Crippen LogP contribution in [0.2, 0.25) is 0 Å². The minimum absolute atomic E-state index is 0.0244. The lowest BCUT2D eigenvalue weighted by Gasteiger charge is -2.23. The molecule has 0 heterocycles. The number of hydrogen-bond acceptors (Lipinski definition) is 5. The first-order chi connectivity index (χ1) is 25.5. The fraction of sp³-hybridized carbons (Fsp3) is 0.870. The van der Waals surface area contributed by atoms with Gasteiger partial charge in [-0.05, 0) is 38.2 Å². The second kappa shape index (κ2) is 40.5. The van der Waals surface area contributed by atoms with E-state index in [1.807, 2.05) is 12.2 Å². The van der Waals surface area contributed by atoms with Crippen molar-refractivity contribution < 1.29 is 24.5 Å². The molecule has 6 heteroatoms. The summed E-state index contributed by atoms with van der Waals surface area (Å²) in [7, 11) is 0. The third-order valence-electron chi connectivity index (χ3n) is 10.3. The van der Waals surface area contributed by atoms with E-state index in [0.717, 1.165) is 51.4 Å². The molecule has 0 aliphatic heterocycles. The molecular formula is C46H87NO5. The van der Waals surface area contributed by atoms with Gasteiger partial charge in [-0.1, -0.05) is 206 Å². The number of aliphatic hydroxyl groups is 2. The Kier molecular flexibility index (Phi) is 39.2. The molecule has 52 heavy (non-hydrogen) atoms. The smallest absolute Gasteiger partial charge is 0.306 e. The maximum atomic E-state index is 13.1. The lowest BCUT2D eigenvalue weighted by molar-refractivity contribution is -0.148. The largest absolute Gasteiger partial charge is 0.458 e. The number of hydrogen-bond donors (Lipinski definition) is 3. The molecule has 0 aromatic heterocycles. The van der Waals surface area contributed by atoms with Crippen molar-refractivity contribution in [3.63, 3.8) is 0 Å². The van der Waals surface area contributed by atoms with Crippen LogP contribution in [0.1, 0.15) is 233 Å². The number of unbranched alkanes of at least 4 members (excludes halogenated alkanes) is 26. The summed E-state index contributed by atoms with van der Waals surface area (Å²) >= 11 is 0. The van der Waals surface area contributed by atoms with Gasteiger partial charge in [-0.15, -0.1) is 0 Å². The van der Waals surface area contributed by atoms with Gasteiger partial charge in [0, 0.05) is 6.42 Å². The van der Waals surface area contributed by atoms with Gasteiger partial charge in [-0.2, -0.15) is 0 Å². The molecule has 0 bridgehead atoms. The average molecular weight is 734 g/mol. The highest BCUT2D eigenvalue weighted by Gasteiger charge is 2.23. The van der Waals surface area contributed by atoms with Crippen LogP contribution in [-0.4, -0.2) is 46.9 Å². The maximum Gasteiger partial charge on any atom is 0.306 e. The summed E-state index contributed by atoms with van der Waals surface area (Å²) in [4.78, 5) is 25.8. The Labute approximate surface area is 322 Å². The fourth-order valence-corrected chi connectivity index (χ4v) is 6.81. The van der Waals surface area contributed by atoms with Crippen molar-refractivity contribution in [2.24, 2.45) is 0 Å². The van der Waals surface area contributed by atoms with Gasteiger partial charge in [-0.25, -0.2) is 0 Å². The number of carbonyl (C=O) groups excluding carboxylic acids is 2. The lowest BCUT2D eigenvalue weighted by Crippen LogP contribution is -2.46. The number of ether oxygens (including phenoxy) is 1. The summed E-state index contributed by atoms with van der Waals surface area (Å²) in [5, 5.41) is 23.6. The summed E-state index contributed by atoms with van der Waals surface area (Å²) < 4.78 is 5.78. The zero-order valence-corrected chi connectivity index (χ0v) is 34.7. The summed E-state index contributed by atoms with van der Waals surface area (Å²) in [6.45, 7) is 6.41. The Morgan fingerprint density at radius 3 is 1.50 bits per heavy atom. The Morgan fingerprint density at radius 1 is 0.577 bits per heavy atom. The molecule has 0 radical (unpaired) electrons. The topological polar surface area (TPSA) is 95.9 Å². The van der Waals surface area contributed by atoms with E-state index in [2.05, 4.69) is 38.2 Å². The summed E-state index contributed by atoms with van der Waals surface area (Å²) in [6, 6.07) is -0.725. The average Bonchev–Trinajstić information content (AvgIpc) is 3.13. The molecule has 0 aromatic rings. The van der Waals surface area contributed by atoms with Gasteiger partial charge >= 0.3 is 5.97 Å². The summed E-state index contributed by atoms with van der Waals surface area (Å²) in [5.74, 6) is -0.599. The Bertz CT molecular complexity index is 828. The van der Waals surface area contributed by atoms with E-state index < -0.39 is 18.2 Å². The summed E-state index contributed by atoms with van der Waals surface area (Å²) in [5.41, 5.74) is 0. The van der Waals surface area contributed by atoms with Gasteiger partial charge in [0.1, 0.15) is 6.10 Å². The van der Waals surface area contributed by atoms with Gasteiger partial charge in [-0.3, -0.25) is 9.59 Å². The van der Waals surface area contributed by atoms with Gasteiger partial charge in [0.05, 0.1) is 25.2 Å². The van der Waals surface area contributed by atoms with Crippen LogP contribution in [0.25, 0.3) is 0 Å². The van der Waals surface area contributed by atoms with Crippen molar-refractivity contribution >= 4 is 11.9 Å². The zero-order chi connectivity index (χ0) is 38.2. The van der Waals surface area contributed by atoms with Crippen LogP contribution in [0, 0.1) is 0 Å². The molecule has 0 aliphatic carbocycles. The second-order valence-corrected chi connectivity index (χ2v) is 15.5. The zero-order valence-electron chi connectivity index (χ0n) is 34.7. The minimum Gasteiger partial charge on any atom is -0.458 e. The molecule has 0 saturated carbocycles. The lowest BCUT2D eigenvalue weighted by atomic mass is 10.0. The van der Waals surface area contributed by atoms with E-state index in [4.69, 9.17) is 4.74 Å². The van der Waals surface area contributed by atoms with Crippen LogP contribution in [0.3, 0.4) is 0 Å². The quantitative estimate of drug-likeness (QED) is 0.0331. The molecule has 0 spiro atoms. The van der Waals surface area contributed by atoms with Crippen molar-refractivity contribution in [1.82, 2.24) is 5.32 Å². The van der Waals surface area contributed by atoms with Crippen LogP contribution in [0.15, 0.2) is 24.3 Å². The first kappa shape index (κ1) is 50.3. The SMILES string of the molecule is CCCCCCCC/C=C\C/C=C/C(CC(=O)NC(CO)C(O)CCCCCCCCCCCCCCC)OC(=O)CCCCCCCCCCC. The number of esters is 1. The third-order valence-corrected chi connectivity index (χ3v) is 10.3. The van der Waals surface area contributed by atoms with E-state index in [1.54, 1.807) is 0 Å². The van der Waals surface area contributed by atoms with Gasteiger partial charge < -0.3 is 20.3 Å². The first-order valence-electron chi connectivity index (χ1n) is 22.6. The molecule has 3 unspecified atom stereocenters. The standard InChI is InChI=1S/C46H87NO5/c1-4-7-10-13-16-19-21-22-24-27-29-32-35-38-44(49)43(41-48)47-45(50)40-42(37-34-31-28-26-23-20-17-14-11-8-5-2)52-46(51)39-36-33-30-25-18-15-12-9-6-3/h26,28,34,37,42-44,48-49H,4-25,27,29-33,35-36,38-41H2,1-3H3,(H,47,50)/b28-26-,37-34+. The van der Waals surface area contributed by atoms with Gasteiger partial charge in [0.15, 0.2) is 0 Å². The van der Waals surface area contributed by atoms with Crippen LogP contribution in [0.5, 0.6) is 0 Å². The Morgan fingerprint density at radius 2 is 1.02 bits per heavy atom. The second-order valence-electron chi connectivity index (χ2n) is 15.5. The monoisotopic (exact) mass is 734 g/mol. The predicted molar refractivity (Wildman–Crippen MR) is 223 cm³/mol. The highest BCUT2D eigenvalue weighted by Crippen LogP contribution is 2.16. The molecule has 0 fully saturated rings. The molecule has 3 atom stereocenters. The van der Waals surface area contributed by atoms with Gasteiger partial charge in [0.25, 0.3) is 0 Å². The van der Waals surface area contributed by atoms with E-state index in [9.17, 15) is 19.8 Å². The van der Waals surface area contributed by atoms with Gasteiger partial charge in [0.2, 0.25) is 5.91 Å². The number of allylic oxidation sites excluding steroid dienone is 3. The van der Waals surface area contributed by atoms with Crippen molar-refractivity contribution in [2.75, 3.05) is 6.61 Å². The van der Waals surface area contributed by atoms with E-state index in [0.29, 0.717) is 12.8 Å². The number of carbonyl (C=O) groups is 2. The molecule has 1 amide bonds. The normalized spacial score (nSPS) is 13.6. The highest BCUT2D eigenvalue weighted by atomic mass is 16.5. The van der Waals surface area contributed by atoms with Crippen LogP contribution >= 0.6 is 0 Å². The fourth-order valence-electron chi connectivity index (χ4n) is 6.81. The van der Waals surface area contributed by atoms with Crippen molar-refractivity contribution in [1.29, 1.82) is 0 Å². The first-order valence-corrected chi connectivity index (χ1v) is 22.6. The summed E-state index contributed by atoms with van der Waals surface area (Å²) in [6.07, 6.45) is 44.1. The third kappa shape index (κ3) is 35.4. The van der Waals surface area contributed by atoms with Crippen LogP contribution < -0.4 is 5.32 Å². The van der Waals surface area contributed by atoms with E-state index in [1.165, 1.54) is 141 Å². The van der Waals surface area contributed by atoms with Crippen molar-refractivity contribution in [3.8, 4) is 0 Å².